The molecule has 1 aromatic heterocycles. The van der Waals surface area contributed by atoms with E-state index in [0.717, 1.165) is 17.4 Å². The molecule has 0 aliphatic heterocycles. The van der Waals surface area contributed by atoms with Crippen LogP contribution in [0.25, 0.3) is 10.9 Å². The van der Waals surface area contributed by atoms with E-state index in [0.29, 0.717) is 0 Å². The van der Waals surface area contributed by atoms with Gasteiger partial charge in [0.2, 0.25) is 0 Å². The Morgan fingerprint density at radius 2 is 1.78 bits per heavy atom. The lowest BCUT2D eigenvalue weighted by molar-refractivity contribution is 0.629. The molecule has 0 saturated carbocycles. The van der Waals surface area contributed by atoms with Gasteiger partial charge in [-0.3, -0.25) is 0 Å². The van der Waals surface area contributed by atoms with E-state index in [1.54, 1.807) is 6.07 Å². The number of aromatic nitrogens is 1. The van der Waals surface area contributed by atoms with Gasteiger partial charge < -0.3 is 4.57 Å². The lowest BCUT2D eigenvalue weighted by Gasteiger charge is -2.06. The highest BCUT2D eigenvalue weighted by Gasteiger charge is 2.02. The molecule has 0 N–H and O–H groups in total. The monoisotopic (exact) mass is 351 g/mol. The van der Waals surface area contributed by atoms with Crippen molar-refractivity contribution in [1.82, 2.24) is 4.57 Å². The van der Waals surface area contributed by atoms with Gasteiger partial charge in [-0.2, -0.15) is 0 Å². The Bertz CT molecular complexity index is 685. The Labute approximate surface area is 118 Å². The number of hydrogen-bond donors (Lipinski definition) is 0. The molecule has 0 aliphatic carbocycles. The summed E-state index contributed by atoms with van der Waals surface area (Å²) in [6, 6.07) is 15.3. The minimum atomic E-state index is -0.186. The van der Waals surface area contributed by atoms with Crippen LogP contribution in [0.15, 0.2) is 54.7 Å². The van der Waals surface area contributed by atoms with E-state index >= 15 is 0 Å². The van der Waals surface area contributed by atoms with E-state index in [4.69, 9.17) is 0 Å². The summed E-state index contributed by atoms with van der Waals surface area (Å²) in [5.41, 5.74) is 2.31. The third-order valence-corrected chi connectivity index (χ3v) is 3.72. The maximum absolute atomic E-state index is 13.1. The molecule has 3 rings (SSSR count). The van der Waals surface area contributed by atoms with Crippen LogP contribution in [0.2, 0.25) is 0 Å². The van der Waals surface area contributed by atoms with Crippen LogP contribution in [-0.4, -0.2) is 4.57 Å². The molecule has 0 aliphatic rings. The smallest absolute Gasteiger partial charge is 0.123 e. The van der Waals surface area contributed by atoms with Crippen molar-refractivity contribution < 1.29 is 4.39 Å². The molecule has 3 heteroatoms. The van der Waals surface area contributed by atoms with Gasteiger partial charge in [-0.25, -0.2) is 4.39 Å². The summed E-state index contributed by atoms with van der Waals surface area (Å²) in [5, 5.41) is 0.945. The largest absolute Gasteiger partial charge is 0.343 e. The highest BCUT2D eigenvalue weighted by Crippen LogP contribution is 2.18. The summed E-state index contributed by atoms with van der Waals surface area (Å²) in [6.07, 6.45) is 2.00. The third-order valence-electron chi connectivity index (χ3n) is 3.00. The lowest BCUT2D eigenvalue weighted by atomic mass is 10.2. The predicted octanol–water partition coefficient (Wildman–Crippen LogP) is 4.43. The molecule has 0 spiro atoms. The zero-order valence-corrected chi connectivity index (χ0v) is 11.8. The second-order valence-corrected chi connectivity index (χ2v) is 5.52. The van der Waals surface area contributed by atoms with E-state index in [2.05, 4.69) is 51.4 Å². The number of fused-ring (bicyclic) bond motifs is 1. The van der Waals surface area contributed by atoms with Crippen molar-refractivity contribution in [3.05, 3.63) is 69.7 Å². The van der Waals surface area contributed by atoms with Crippen LogP contribution in [0.3, 0.4) is 0 Å². The molecule has 1 nitrogen and oxygen atoms in total. The van der Waals surface area contributed by atoms with Gasteiger partial charge in [0.25, 0.3) is 0 Å². The van der Waals surface area contributed by atoms with Gasteiger partial charge in [-0.1, -0.05) is 12.1 Å². The normalized spacial score (nSPS) is 11.0. The van der Waals surface area contributed by atoms with Gasteiger partial charge in [0.15, 0.2) is 0 Å². The minimum Gasteiger partial charge on any atom is -0.343 e. The number of halogens is 2. The quantitative estimate of drug-likeness (QED) is 0.602. The van der Waals surface area contributed by atoms with Crippen molar-refractivity contribution in [2.45, 2.75) is 6.54 Å². The van der Waals surface area contributed by atoms with Crippen LogP contribution in [0.1, 0.15) is 5.56 Å². The molecule has 3 aromatic rings. The molecule has 1 heterocycles. The SMILES string of the molecule is Fc1ccc2c(ccn2Cc2ccc(I)cc2)c1. The summed E-state index contributed by atoms with van der Waals surface area (Å²) in [5.74, 6) is -0.186. The van der Waals surface area contributed by atoms with Crippen molar-refractivity contribution in [1.29, 1.82) is 0 Å². The lowest BCUT2D eigenvalue weighted by Crippen LogP contribution is -1.97. The van der Waals surface area contributed by atoms with Crippen LogP contribution in [0.4, 0.5) is 4.39 Å². The maximum atomic E-state index is 13.1. The molecular weight excluding hydrogens is 340 g/mol. The molecule has 0 bridgehead atoms. The Morgan fingerprint density at radius 1 is 1.00 bits per heavy atom. The highest BCUT2D eigenvalue weighted by atomic mass is 127. The Morgan fingerprint density at radius 3 is 2.56 bits per heavy atom. The molecule has 0 saturated heterocycles. The fourth-order valence-corrected chi connectivity index (χ4v) is 2.45. The second-order valence-electron chi connectivity index (χ2n) is 4.27. The Balaban J connectivity index is 1.97. The summed E-state index contributed by atoms with van der Waals surface area (Å²) in [4.78, 5) is 0. The van der Waals surface area contributed by atoms with Crippen LogP contribution in [-0.2, 0) is 6.54 Å². The fourth-order valence-electron chi connectivity index (χ4n) is 2.10. The van der Waals surface area contributed by atoms with Crippen LogP contribution >= 0.6 is 22.6 Å². The molecule has 2 aromatic carbocycles. The predicted molar refractivity (Wildman–Crippen MR) is 80.2 cm³/mol. The number of hydrogen-bond acceptors (Lipinski definition) is 0. The summed E-state index contributed by atoms with van der Waals surface area (Å²) >= 11 is 2.30. The first-order chi connectivity index (χ1) is 8.72. The third kappa shape index (κ3) is 2.27. The molecule has 0 amide bonds. The van der Waals surface area contributed by atoms with Crippen LogP contribution in [0.5, 0.6) is 0 Å². The Hall–Kier alpha value is -1.36. The first kappa shape index (κ1) is 11.7. The molecule has 0 fully saturated rings. The number of rotatable bonds is 2. The second kappa shape index (κ2) is 4.72. The van der Waals surface area contributed by atoms with Gasteiger partial charge in [0.1, 0.15) is 5.82 Å². The fraction of sp³-hybridized carbons (Fsp3) is 0.0667. The molecular formula is C15H11FIN. The molecule has 0 atom stereocenters. The summed E-state index contributed by atoms with van der Waals surface area (Å²) < 4.78 is 16.5. The van der Waals surface area contributed by atoms with E-state index in [-0.39, 0.29) is 5.82 Å². The topological polar surface area (TPSA) is 4.93 Å². The number of benzene rings is 2. The van der Waals surface area contributed by atoms with Gasteiger partial charge >= 0.3 is 0 Å². The zero-order chi connectivity index (χ0) is 12.5. The Kier molecular flexibility index (Phi) is 3.07. The van der Waals surface area contributed by atoms with E-state index in [1.165, 1.54) is 15.2 Å². The maximum Gasteiger partial charge on any atom is 0.123 e. The molecule has 18 heavy (non-hydrogen) atoms. The van der Waals surface area contributed by atoms with Gasteiger partial charge in [-0.15, -0.1) is 0 Å². The zero-order valence-electron chi connectivity index (χ0n) is 9.61. The van der Waals surface area contributed by atoms with E-state index in [9.17, 15) is 4.39 Å². The van der Waals surface area contributed by atoms with Crippen molar-refractivity contribution in [2.24, 2.45) is 0 Å². The highest BCUT2D eigenvalue weighted by molar-refractivity contribution is 14.1. The van der Waals surface area contributed by atoms with Gasteiger partial charge in [0, 0.05) is 27.2 Å². The molecule has 0 unspecified atom stereocenters. The number of nitrogens with zero attached hydrogens (tertiary/aromatic N) is 1. The average molecular weight is 351 g/mol. The van der Waals surface area contributed by atoms with Crippen molar-refractivity contribution in [2.75, 3.05) is 0 Å². The standard InChI is InChI=1S/C15H11FIN/c16-13-3-6-15-12(9-13)7-8-18(15)10-11-1-4-14(17)5-2-11/h1-9H,10H2. The van der Waals surface area contributed by atoms with E-state index in [1.807, 2.05) is 18.3 Å². The van der Waals surface area contributed by atoms with Gasteiger partial charge in [0.05, 0.1) is 0 Å². The van der Waals surface area contributed by atoms with Crippen molar-refractivity contribution in [3.8, 4) is 0 Å². The van der Waals surface area contributed by atoms with Crippen LogP contribution < -0.4 is 0 Å². The van der Waals surface area contributed by atoms with E-state index < -0.39 is 0 Å². The first-order valence-electron chi connectivity index (χ1n) is 5.71. The minimum absolute atomic E-state index is 0.186. The average Bonchev–Trinajstić information content (AvgIpc) is 2.74. The first-order valence-corrected chi connectivity index (χ1v) is 6.79. The van der Waals surface area contributed by atoms with Gasteiger partial charge in [-0.05, 0) is 64.6 Å². The van der Waals surface area contributed by atoms with Crippen LogP contribution in [0, 0.1) is 9.39 Å². The summed E-state index contributed by atoms with van der Waals surface area (Å²) in [7, 11) is 0. The molecule has 0 radical (unpaired) electrons. The van der Waals surface area contributed by atoms with Crippen molar-refractivity contribution >= 4 is 33.5 Å². The van der Waals surface area contributed by atoms with Crippen molar-refractivity contribution in [3.63, 3.8) is 0 Å². The molecule has 90 valence electrons. The summed E-state index contributed by atoms with van der Waals surface area (Å²) in [6.45, 7) is 0.812.